The standard InChI is InChI=1S/C26H34FN7O5.H4N2/c1-15-11-16(5-6-17(15)27)12-29-20(36)18-19(35)21(37)34-14-25(13-30-28)7-9-26(10-8-25,24(34)31-18)33(4)23(39)22(38)32(2)3;1-2/h5-6,11,30,35H,7-10,12-14,28H2,1-4H3,(H,29,36);1-2H2. The van der Waals surface area contributed by atoms with E-state index in [1.165, 1.54) is 47.6 Å². The zero-order valence-corrected chi connectivity index (χ0v) is 23.7. The molecule has 0 atom stereocenters. The van der Waals surface area contributed by atoms with Gasteiger partial charge in [0.15, 0.2) is 5.69 Å². The van der Waals surface area contributed by atoms with Gasteiger partial charge in [-0.1, -0.05) is 12.1 Å². The minimum atomic E-state index is -1.17. The zero-order chi connectivity index (χ0) is 30.7. The Balaban J connectivity index is 0.00000226. The lowest BCUT2D eigenvalue weighted by Crippen LogP contribution is -2.55. The van der Waals surface area contributed by atoms with Crippen LogP contribution < -0.4 is 33.8 Å². The predicted molar refractivity (Wildman–Crippen MR) is 147 cm³/mol. The molecule has 1 aliphatic carbocycles. The third-order valence-electron chi connectivity index (χ3n) is 8.10. The molecule has 0 unspecified atom stereocenters. The number of rotatable bonds is 6. The van der Waals surface area contributed by atoms with Crippen LogP contribution in [0.3, 0.4) is 0 Å². The number of halogens is 1. The van der Waals surface area contributed by atoms with Gasteiger partial charge in [-0.3, -0.25) is 46.7 Å². The van der Waals surface area contributed by atoms with Crippen LogP contribution in [0.1, 0.15) is 53.1 Å². The topological polar surface area (TPSA) is 215 Å². The van der Waals surface area contributed by atoms with Crippen molar-refractivity contribution in [2.45, 2.75) is 51.2 Å². The molecule has 1 saturated carbocycles. The Kier molecular flexibility index (Phi) is 9.48. The van der Waals surface area contributed by atoms with Gasteiger partial charge in [-0.2, -0.15) is 0 Å². The van der Waals surface area contributed by atoms with Crippen LogP contribution in [0.25, 0.3) is 0 Å². The van der Waals surface area contributed by atoms with E-state index in [0.717, 1.165) is 0 Å². The Bertz CT molecular complexity index is 1390. The van der Waals surface area contributed by atoms with Gasteiger partial charge in [0.1, 0.15) is 17.2 Å². The van der Waals surface area contributed by atoms with Gasteiger partial charge in [0, 0.05) is 46.2 Å². The minimum absolute atomic E-state index is 0.00560. The number of carbonyl (C=O) groups excluding carboxylic acids is 3. The molecule has 2 aliphatic heterocycles. The summed E-state index contributed by atoms with van der Waals surface area (Å²) in [6.07, 6.45) is 1.84. The molecule has 5 rings (SSSR count). The van der Waals surface area contributed by atoms with Crippen LogP contribution in [0.15, 0.2) is 23.0 Å². The van der Waals surface area contributed by atoms with Crippen molar-refractivity contribution in [3.63, 3.8) is 0 Å². The number of hydrogen-bond donors (Lipinski definition) is 6. The van der Waals surface area contributed by atoms with Crippen LogP contribution in [0.5, 0.6) is 5.75 Å². The lowest BCUT2D eigenvalue weighted by Gasteiger charge is -2.46. The second-order valence-electron chi connectivity index (χ2n) is 10.8. The van der Waals surface area contributed by atoms with Gasteiger partial charge < -0.3 is 20.2 Å². The van der Waals surface area contributed by atoms with Gasteiger partial charge in [-0.15, -0.1) is 0 Å². The van der Waals surface area contributed by atoms with Crippen molar-refractivity contribution in [1.82, 2.24) is 30.1 Å². The zero-order valence-electron chi connectivity index (χ0n) is 23.7. The molecule has 1 aromatic heterocycles. The summed E-state index contributed by atoms with van der Waals surface area (Å²) in [4.78, 5) is 59.5. The molecule has 9 N–H and O–H groups in total. The Labute approximate surface area is 236 Å². The number of amides is 3. The van der Waals surface area contributed by atoms with E-state index in [4.69, 9.17) is 5.84 Å². The molecule has 0 saturated heterocycles. The second kappa shape index (κ2) is 12.3. The van der Waals surface area contributed by atoms with Gasteiger partial charge in [0.25, 0.3) is 11.5 Å². The van der Waals surface area contributed by atoms with Crippen molar-refractivity contribution in [3.05, 3.63) is 57.0 Å². The van der Waals surface area contributed by atoms with E-state index in [-0.39, 0.29) is 24.7 Å². The highest BCUT2D eigenvalue weighted by Crippen LogP contribution is 2.51. The monoisotopic (exact) mass is 575 g/mol. The molecule has 0 spiro atoms. The Morgan fingerprint density at radius 3 is 2.32 bits per heavy atom. The number of likely N-dealkylation sites (N-methyl/N-ethyl adjacent to an activating group) is 2. The summed E-state index contributed by atoms with van der Waals surface area (Å²) >= 11 is 0. The largest absolute Gasteiger partial charge is 0.501 e. The fourth-order valence-electron chi connectivity index (χ4n) is 5.66. The molecule has 2 bridgehead atoms. The highest BCUT2D eigenvalue weighted by atomic mass is 19.1. The molecule has 15 heteroatoms. The summed E-state index contributed by atoms with van der Waals surface area (Å²) in [5.74, 6) is 10.3. The predicted octanol–water partition coefficient (Wildman–Crippen LogP) is -1.08. The van der Waals surface area contributed by atoms with Crippen molar-refractivity contribution in [2.75, 3.05) is 27.7 Å². The number of nitrogens with two attached hydrogens (primary N) is 3. The Morgan fingerprint density at radius 1 is 1.12 bits per heavy atom. The normalized spacial score (nSPS) is 20.7. The first-order valence-corrected chi connectivity index (χ1v) is 13.0. The number of aryl methyl sites for hydroxylation is 1. The third kappa shape index (κ3) is 5.79. The number of aromatic hydroxyl groups is 1. The summed E-state index contributed by atoms with van der Waals surface area (Å²) in [7, 11) is 4.43. The quantitative estimate of drug-likeness (QED) is 0.139. The molecule has 41 heavy (non-hydrogen) atoms. The van der Waals surface area contributed by atoms with Crippen LogP contribution in [-0.4, -0.2) is 69.9 Å². The fourth-order valence-corrected chi connectivity index (χ4v) is 5.66. The molecular weight excluding hydrogens is 537 g/mol. The van der Waals surface area contributed by atoms with Crippen LogP contribution in [0, 0.1) is 18.2 Å². The molecule has 2 aromatic rings. The Hall–Kier alpha value is -3.92. The summed E-state index contributed by atoms with van der Waals surface area (Å²) in [5.41, 5.74) is 0.773. The maximum absolute atomic E-state index is 13.6. The third-order valence-corrected chi connectivity index (χ3v) is 8.10. The van der Waals surface area contributed by atoms with Crippen LogP contribution >= 0.6 is 0 Å². The average molecular weight is 576 g/mol. The molecule has 14 nitrogen and oxygen atoms in total. The number of hydrogen-bond acceptors (Lipinski definition) is 10. The lowest BCUT2D eigenvalue weighted by atomic mass is 9.68. The van der Waals surface area contributed by atoms with Crippen molar-refractivity contribution in [3.8, 4) is 5.75 Å². The van der Waals surface area contributed by atoms with Crippen LogP contribution in [0.4, 0.5) is 4.39 Å². The smallest absolute Gasteiger partial charge is 0.312 e. The van der Waals surface area contributed by atoms with Gasteiger partial charge in [-0.25, -0.2) is 9.37 Å². The molecule has 1 fully saturated rings. The lowest BCUT2D eigenvalue weighted by molar-refractivity contribution is -0.155. The summed E-state index contributed by atoms with van der Waals surface area (Å²) in [6, 6.07) is 4.38. The van der Waals surface area contributed by atoms with E-state index in [1.807, 2.05) is 0 Å². The molecular formula is C26H38FN9O5. The number of fused-ring (bicyclic) bond motifs is 2. The molecule has 1 aromatic carbocycles. The van der Waals surface area contributed by atoms with Gasteiger partial charge in [0.2, 0.25) is 5.75 Å². The first-order valence-electron chi connectivity index (χ1n) is 13.0. The average Bonchev–Trinajstić information content (AvgIpc) is 3.19. The number of benzene rings is 1. The van der Waals surface area contributed by atoms with Gasteiger partial charge in [0.05, 0.1) is 0 Å². The van der Waals surface area contributed by atoms with E-state index in [2.05, 4.69) is 27.4 Å². The minimum Gasteiger partial charge on any atom is -0.501 e. The molecule has 3 aliphatic rings. The van der Waals surface area contributed by atoms with Crippen molar-refractivity contribution in [2.24, 2.45) is 22.9 Å². The first kappa shape index (κ1) is 31.6. The fraction of sp³-hybridized carbons (Fsp3) is 0.500. The number of aromatic nitrogens is 2. The van der Waals surface area contributed by atoms with Crippen LogP contribution in [-0.2, 0) is 28.2 Å². The van der Waals surface area contributed by atoms with E-state index < -0.39 is 45.7 Å². The van der Waals surface area contributed by atoms with Crippen molar-refractivity contribution < 1.29 is 23.9 Å². The Morgan fingerprint density at radius 2 is 1.76 bits per heavy atom. The SMILES string of the molecule is Cc1cc(CNC(=O)c2nc3n(c(=O)c2O)CC2(CNN)CCC3(N(C)C(=O)C(=O)N(C)C)CC2)ccc1F.NN. The number of nitrogens with zero attached hydrogens (tertiary/aromatic N) is 4. The molecule has 3 amide bonds. The molecule has 0 radical (unpaired) electrons. The molecule has 224 valence electrons. The van der Waals surface area contributed by atoms with E-state index in [1.54, 1.807) is 13.0 Å². The second-order valence-corrected chi connectivity index (χ2v) is 10.8. The van der Waals surface area contributed by atoms with Gasteiger partial charge >= 0.3 is 11.8 Å². The summed E-state index contributed by atoms with van der Waals surface area (Å²) in [5, 5.41) is 13.4. The van der Waals surface area contributed by atoms with Crippen LogP contribution in [0.2, 0.25) is 0 Å². The van der Waals surface area contributed by atoms with Gasteiger partial charge in [-0.05, 0) is 49.8 Å². The highest BCUT2D eigenvalue weighted by molar-refractivity contribution is 6.34. The maximum Gasteiger partial charge on any atom is 0.312 e. The maximum atomic E-state index is 13.6. The van der Waals surface area contributed by atoms with E-state index in [9.17, 15) is 28.7 Å². The first-order chi connectivity index (χ1) is 19.4. The van der Waals surface area contributed by atoms with Crippen molar-refractivity contribution in [1.29, 1.82) is 0 Å². The molecule has 3 heterocycles. The number of hydrazine groups is 2. The van der Waals surface area contributed by atoms with Crippen molar-refractivity contribution >= 4 is 17.7 Å². The number of nitrogens with one attached hydrogen (secondary N) is 2. The summed E-state index contributed by atoms with van der Waals surface area (Å²) < 4.78 is 14.9. The number of carbonyl (C=O) groups is 3. The summed E-state index contributed by atoms with van der Waals surface area (Å²) in [6.45, 7) is 2.14. The van der Waals surface area contributed by atoms with E-state index in [0.29, 0.717) is 43.4 Å². The highest BCUT2D eigenvalue weighted by Gasteiger charge is 2.54. The van der Waals surface area contributed by atoms with E-state index >= 15 is 0 Å².